The van der Waals surface area contributed by atoms with Crippen molar-refractivity contribution in [1.82, 2.24) is 10.2 Å². The van der Waals surface area contributed by atoms with Gasteiger partial charge in [0.25, 0.3) is 10.0 Å². The molecule has 0 aliphatic rings. The van der Waals surface area contributed by atoms with Crippen molar-refractivity contribution < 1.29 is 27.5 Å². The molecule has 0 saturated carbocycles. The van der Waals surface area contributed by atoms with Gasteiger partial charge in [0.2, 0.25) is 11.8 Å². The number of methoxy groups -OCH3 is 2. The third-order valence-corrected chi connectivity index (χ3v) is 8.79. The molecule has 0 aliphatic carbocycles. The first-order chi connectivity index (χ1) is 19.5. The number of nitrogens with one attached hydrogen (secondary N) is 1. The number of hydrogen-bond donors (Lipinski definition) is 1. The molecule has 0 saturated heterocycles. The second-order valence-corrected chi connectivity index (χ2v) is 11.8. The van der Waals surface area contributed by atoms with Gasteiger partial charge in [0.05, 0.1) is 24.8 Å². The van der Waals surface area contributed by atoms with Crippen LogP contribution in [0, 0.1) is 13.8 Å². The minimum Gasteiger partial charge on any atom is -0.493 e. The van der Waals surface area contributed by atoms with E-state index in [4.69, 9.17) is 21.1 Å². The zero-order valence-electron chi connectivity index (χ0n) is 24.1. The van der Waals surface area contributed by atoms with Gasteiger partial charge >= 0.3 is 0 Å². The number of carbonyl (C=O) groups is 2. The molecule has 41 heavy (non-hydrogen) atoms. The number of carbonyl (C=O) groups excluding carboxylic acids is 2. The molecule has 3 aromatic rings. The Hall–Kier alpha value is -3.76. The van der Waals surface area contributed by atoms with Gasteiger partial charge in [-0.25, -0.2) is 8.42 Å². The van der Waals surface area contributed by atoms with Crippen molar-refractivity contribution in [2.45, 2.75) is 44.7 Å². The molecular weight excluding hydrogens is 566 g/mol. The summed E-state index contributed by atoms with van der Waals surface area (Å²) in [5.41, 5.74) is 2.59. The van der Waals surface area contributed by atoms with Gasteiger partial charge in [-0.1, -0.05) is 42.8 Å². The van der Waals surface area contributed by atoms with Crippen LogP contribution in [0.5, 0.6) is 11.5 Å². The number of halogens is 1. The van der Waals surface area contributed by atoms with Crippen LogP contribution in [0.15, 0.2) is 65.6 Å². The third-order valence-electron chi connectivity index (χ3n) is 6.65. The van der Waals surface area contributed by atoms with Crippen LogP contribution in [0.4, 0.5) is 5.69 Å². The highest BCUT2D eigenvalue weighted by Gasteiger charge is 2.34. The number of ether oxygens (including phenoxy) is 2. The number of benzene rings is 3. The van der Waals surface area contributed by atoms with Crippen molar-refractivity contribution in [3.8, 4) is 11.5 Å². The van der Waals surface area contributed by atoms with Crippen LogP contribution in [0.3, 0.4) is 0 Å². The average Bonchev–Trinajstić information content (AvgIpc) is 2.95. The molecule has 1 atom stereocenters. The van der Waals surface area contributed by atoms with E-state index in [1.54, 1.807) is 43.3 Å². The zero-order chi connectivity index (χ0) is 30.3. The fraction of sp³-hybridized carbons (Fsp3) is 0.333. The lowest BCUT2D eigenvalue weighted by atomic mass is 10.1. The Bertz CT molecular complexity index is 1490. The third kappa shape index (κ3) is 7.31. The molecule has 11 heteroatoms. The number of hydrogen-bond acceptors (Lipinski definition) is 6. The standard InChI is InChI=1S/C30H36ClN3O6S/c1-7-26(30(36)32-4)33(18-22-10-8-9-11-25(22)31)29(35)19-34(23-15-20(2)14-21(3)16-23)41(37,38)24-12-13-27(39-5)28(17-24)40-6/h8-17,26H,7,18-19H2,1-6H3,(H,32,36). The lowest BCUT2D eigenvalue weighted by Crippen LogP contribution is -2.51. The van der Waals surface area contributed by atoms with E-state index in [-0.39, 0.29) is 23.1 Å². The second kappa shape index (κ2) is 13.7. The molecule has 3 rings (SSSR count). The van der Waals surface area contributed by atoms with E-state index in [9.17, 15) is 18.0 Å². The topological polar surface area (TPSA) is 105 Å². The minimum atomic E-state index is -4.29. The smallest absolute Gasteiger partial charge is 0.264 e. The molecule has 0 fully saturated rings. The maximum Gasteiger partial charge on any atom is 0.264 e. The lowest BCUT2D eigenvalue weighted by molar-refractivity contribution is -0.140. The maximum atomic E-state index is 14.2. The highest BCUT2D eigenvalue weighted by atomic mass is 35.5. The number of anilines is 1. The van der Waals surface area contributed by atoms with E-state index in [0.717, 1.165) is 15.4 Å². The first-order valence-corrected chi connectivity index (χ1v) is 14.9. The molecular formula is C30H36ClN3O6S. The van der Waals surface area contributed by atoms with E-state index >= 15 is 0 Å². The van der Waals surface area contributed by atoms with E-state index < -0.39 is 28.5 Å². The van der Waals surface area contributed by atoms with E-state index in [1.165, 1.54) is 44.4 Å². The maximum absolute atomic E-state index is 14.2. The van der Waals surface area contributed by atoms with Crippen molar-refractivity contribution in [2.75, 3.05) is 32.1 Å². The molecule has 0 heterocycles. The quantitative estimate of drug-likeness (QED) is 0.322. The first-order valence-electron chi connectivity index (χ1n) is 13.0. The largest absolute Gasteiger partial charge is 0.493 e. The molecule has 0 bridgehead atoms. The van der Waals surface area contributed by atoms with E-state index in [2.05, 4.69) is 5.32 Å². The summed E-state index contributed by atoms with van der Waals surface area (Å²) < 4.78 is 40.0. The summed E-state index contributed by atoms with van der Waals surface area (Å²) in [5.74, 6) is -0.341. The monoisotopic (exact) mass is 601 g/mol. The van der Waals surface area contributed by atoms with Crippen molar-refractivity contribution in [2.24, 2.45) is 0 Å². The van der Waals surface area contributed by atoms with Gasteiger partial charge in [0.1, 0.15) is 12.6 Å². The van der Waals surface area contributed by atoms with Crippen LogP contribution in [-0.4, -0.2) is 59.0 Å². The van der Waals surface area contributed by atoms with Crippen LogP contribution < -0.4 is 19.1 Å². The number of amides is 2. The summed E-state index contributed by atoms with van der Waals surface area (Å²) in [5, 5.41) is 3.04. The molecule has 1 unspecified atom stereocenters. The molecule has 0 spiro atoms. The SMILES string of the molecule is CCC(C(=O)NC)N(Cc1ccccc1Cl)C(=O)CN(c1cc(C)cc(C)c1)S(=O)(=O)c1ccc(OC)c(OC)c1. The van der Waals surface area contributed by atoms with Gasteiger partial charge in [-0.3, -0.25) is 13.9 Å². The fourth-order valence-corrected chi connectivity index (χ4v) is 6.23. The predicted octanol–water partition coefficient (Wildman–Crippen LogP) is 4.72. The summed E-state index contributed by atoms with van der Waals surface area (Å²) in [4.78, 5) is 28.2. The minimum absolute atomic E-state index is 0.0154. The summed E-state index contributed by atoms with van der Waals surface area (Å²) in [6.07, 6.45) is 0.307. The van der Waals surface area contributed by atoms with Crippen LogP contribution >= 0.6 is 11.6 Å². The Morgan fingerprint density at radius 1 is 0.951 bits per heavy atom. The summed E-state index contributed by atoms with van der Waals surface area (Å²) in [6, 6.07) is 15.7. The van der Waals surface area contributed by atoms with Gasteiger partial charge in [0.15, 0.2) is 11.5 Å². The van der Waals surface area contributed by atoms with Gasteiger partial charge in [0, 0.05) is 24.7 Å². The van der Waals surface area contributed by atoms with Crippen LogP contribution in [-0.2, 0) is 26.2 Å². The summed E-state index contributed by atoms with van der Waals surface area (Å²) >= 11 is 6.41. The zero-order valence-corrected chi connectivity index (χ0v) is 25.7. The van der Waals surface area contributed by atoms with Gasteiger partial charge in [-0.15, -0.1) is 0 Å². The Morgan fingerprint density at radius 3 is 2.15 bits per heavy atom. The highest BCUT2D eigenvalue weighted by molar-refractivity contribution is 7.92. The fourth-order valence-electron chi connectivity index (χ4n) is 4.62. The van der Waals surface area contributed by atoms with E-state index in [0.29, 0.717) is 28.4 Å². The molecule has 3 aromatic carbocycles. The van der Waals surface area contributed by atoms with E-state index in [1.807, 2.05) is 19.9 Å². The van der Waals surface area contributed by atoms with Crippen molar-refractivity contribution in [3.63, 3.8) is 0 Å². The molecule has 220 valence electrons. The van der Waals surface area contributed by atoms with Crippen molar-refractivity contribution >= 4 is 39.1 Å². The Morgan fingerprint density at radius 2 is 1.59 bits per heavy atom. The molecule has 1 N–H and O–H groups in total. The van der Waals surface area contributed by atoms with Gasteiger partial charge in [-0.2, -0.15) is 0 Å². The number of rotatable bonds is 12. The first kappa shape index (κ1) is 31.8. The van der Waals surface area contributed by atoms with Crippen LogP contribution in [0.25, 0.3) is 0 Å². The molecule has 9 nitrogen and oxygen atoms in total. The predicted molar refractivity (Wildman–Crippen MR) is 160 cm³/mol. The number of nitrogens with zero attached hydrogens (tertiary/aromatic N) is 2. The molecule has 2 amide bonds. The van der Waals surface area contributed by atoms with Crippen LogP contribution in [0.1, 0.15) is 30.0 Å². The van der Waals surface area contributed by atoms with Crippen molar-refractivity contribution in [1.29, 1.82) is 0 Å². The summed E-state index contributed by atoms with van der Waals surface area (Å²) in [7, 11) is 0.0706. The normalized spacial score (nSPS) is 11.9. The lowest BCUT2D eigenvalue weighted by Gasteiger charge is -2.33. The van der Waals surface area contributed by atoms with Crippen molar-refractivity contribution in [3.05, 3.63) is 82.4 Å². The Kier molecular flexibility index (Phi) is 10.6. The summed E-state index contributed by atoms with van der Waals surface area (Å²) in [6.45, 7) is 4.94. The molecule has 0 aliphatic heterocycles. The van der Waals surface area contributed by atoms with Gasteiger partial charge in [-0.05, 0) is 67.3 Å². The molecule has 0 radical (unpaired) electrons. The average molecular weight is 602 g/mol. The second-order valence-electron chi connectivity index (χ2n) is 9.53. The number of likely N-dealkylation sites (N-methyl/N-ethyl adjacent to an activating group) is 1. The molecule has 0 aromatic heterocycles. The van der Waals surface area contributed by atoms with Gasteiger partial charge < -0.3 is 19.7 Å². The van der Waals surface area contributed by atoms with Crippen LogP contribution in [0.2, 0.25) is 5.02 Å². The highest BCUT2D eigenvalue weighted by Crippen LogP contribution is 2.33. The Labute approximate surface area is 247 Å². The number of aryl methyl sites for hydroxylation is 2. The number of sulfonamides is 1. The Balaban J connectivity index is 2.15.